The highest BCUT2D eigenvalue weighted by Gasteiger charge is 2.24. The van der Waals surface area contributed by atoms with Crippen molar-refractivity contribution in [2.24, 2.45) is 5.73 Å². The van der Waals surface area contributed by atoms with Crippen molar-refractivity contribution >= 4 is 33.1 Å². The molecule has 2 heterocycles. The average molecular weight is 343 g/mol. The van der Waals surface area contributed by atoms with Crippen LogP contribution in [0.2, 0.25) is 0 Å². The van der Waals surface area contributed by atoms with Crippen LogP contribution < -0.4 is 5.73 Å². The summed E-state index contributed by atoms with van der Waals surface area (Å²) in [5, 5.41) is 15.6. The number of hydrogen-bond donors (Lipinski definition) is 3. The van der Waals surface area contributed by atoms with Gasteiger partial charge in [0, 0.05) is 44.6 Å². The lowest BCUT2D eigenvalue weighted by Crippen LogP contribution is -2.48. The Morgan fingerprint density at radius 1 is 1.12 bits per heavy atom. The Bertz CT molecular complexity index is 755. The Hall–Kier alpha value is -2.19. The van der Waals surface area contributed by atoms with E-state index in [1.165, 1.54) is 5.56 Å². The molecule has 1 aliphatic heterocycles. The van der Waals surface area contributed by atoms with Crippen LogP contribution in [0.1, 0.15) is 18.5 Å². The van der Waals surface area contributed by atoms with Gasteiger partial charge in [-0.15, -0.1) is 0 Å². The number of hydrogen-bond acceptors (Lipinski definition) is 6. The summed E-state index contributed by atoms with van der Waals surface area (Å²) in [6.07, 6.45) is 3.42. The van der Waals surface area contributed by atoms with Crippen molar-refractivity contribution in [2.45, 2.75) is 13.0 Å². The molecule has 0 saturated carbocycles. The summed E-state index contributed by atoms with van der Waals surface area (Å²) in [6.45, 7) is 5.50. The van der Waals surface area contributed by atoms with Crippen molar-refractivity contribution in [3.8, 4) is 0 Å². The predicted molar refractivity (Wildman–Crippen MR) is 98.3 cm³/mol. The van der Waals surface area contributed by atoms with E-state index in [1.54, 1.807) is 12.4 Å². The average Bonchev–Trinajstić information content (AvgIpc) is 2.60. The van der Waals surface area contributed by atoms with Crippen molar-refractivity contribution in [3.63, 3.8) is 0 Å². The molecule has 7 nitrogen and oxygen atoms in total. The highest BCUT2D eigenvalue weighted by atomic mass is 32.2. The van der Waals surface area contributed by atoms with Gasteiger partial charge in [0.25, 0.3) is 0 Å². The Labute approximate surface area is 145 Å². The van der Waals surface area contributed by atoms with E-state index in [0.717, 1.165) is 49.0 Å². The van der Waals surface area contributed by atoms with E-state index in [-0.39, 0.29) is 11.2 Å². The number of fused-ring (bicyclic) bond motifs is 1. The van der Waals surface area contributed by atoms with Crippen molar-refractivity contribution in [2.75, 3.05) is 26.2 Å². The normalized spacial score (nSPS) is 17.0. The zero-order valence-corrected chi connectivity index (χ0v) is 14.4. The predicted octanol–water partition coefficient (Wildman–Crippen LogP) is 1.87. The molecule has 0 aliphatic carbocycles. The Kier molecular flexibility index (Phi) is 4.96. The van der Waals surface area contributed by atoms with E-state index in [2.05, 4.69) is 33.9 Å². The molecule has 0 amide bonds. The molecular weight excluding hydrogens is 322 g/mol. The maximum absolute atomic E-state index is 7.98. The second kappa shape index (κ2) is 7.14. The van der Waals surface area contributed by atoms with Gasteiger partial charge in [0.05, 0.1) is 11.0 Å². The summed E-state index contributed by atoms with van der Waals surface area (Å²) in [7, 11) is 0. The number of nitrogens with zero attached hydrogens (tertiary/aromatic N) is 4. The highest BCUT2D eigenvalue weighted by Crippen LogP contribution is 2.24. The maximum Gasteiger partial charge on any atom is 0.164 e. The zero-order chi connectivity index (χ0) is 17.1. The molecule has 1 aliphatic rings. The lowest BCUT2D eigenvalue weighted by Gasteiger charge is -2.38. The van der Waals surface area contributed by atoms with Crippen molar-refractivity contribution in [1.82, 2.24) is 19.8 Å². The SMILES string of the molecule is C[C@H](c1ccc2nccnc2c1)N1CCN(C(=N)SC(=N)N)CC1. The number of benzene rings is 1. The van der Waals surface area contributed by atoms with Crippen LogP contribution in [-0.4, -0.2) is 56.3 Å². The summed E-state index contributed by atoms with van der Waals surface area (Å²) >= 11 is 1.00. The molecule has 1 aromatic heterocycles. The molecule has 1 atom stereocenters. The topological polar surface area (TPSA) is 106 Å². The fourth-order valence-electron chi connectivity index (χ4n) is 2.93. The van der Waals surface area contributed by atoms with Gasteiger partial charge in [-0.25, -0.2) is 0 Å². The summed E-state index contributed by atoms with van der Waals surface area (Å²) < 4.78 is 0. The fourth-order valence-corrected chi connectivity index (χ4v) is 3.45. The fraction of sp³-hybridized carbons (Fsp3) is 0.375. The molecule has 1 aromatic carbocycles. The first-order chi connectivity index (χ1) is 11.5. The molecule has 0 radical (unpaired) electrons. The van der Waals surface area contributed by atoms with Crippen molar-refractivity contribution in [3.05, 3.63) is 36.2 Å². The van der Waals surface area contributed by atoms with E-state index in [4.69, 9.17) is 16.6 Å². The van der Waals surface area contributed by atoms with E-state index in [0.29, 0.717) is 5.17 Å². The molecule has 0 spiro atoms. The molecule has 3 rings (SSSR count). The van der Waals surface area contributed by atoms with Gasteiger partial charge in [0.1, 0.15) is 0 Å². The van der Waals surface area contributed by atoms with E-state index in [9.17, 15) is 0 Å². The third-order valence-electron chi connectivity index (χ3n) is 4.33. The highest BCUT2D eigenvalue weighted by molar-refractivity contribution is 8.26. The third-order valence-corrected chi connectivity index (χ3v) is 5.00. The number of amidine groups is 2. The molecular formula is C16H21N7S. The van der Waals surface area contributed by atoms with Gasteiger partial charge < -0.3 is 10.6 Å². The van der Waals surface area contributed by atoms with Crippen LogP contribution in [0.3, 0.4) is 0 Å². The van der Waals surface area contributed by atoms with Gasteiger partial charge in [0.15, 0.2) is 10.3 Å². The molecule has 1 fully saturated rings. The molecule has 4 N–H and O–H groups in total. The van der Waals surface area contributed by atoms with Crippen LogP contribution in [0.15, 0.2) is 30.6 Å². The van der Waals surface area contributed by atoms with Gasteiger partial charge >= 0.3 is 0 Å². The molecule has 0 unspecified atom stereocenters. The maximum atomic E-state index is 7.98. The molecule has 126 valence electrons. The lowest BCUT2D eigenvalue weighted by molar-refractivity contribution is 0.142. The number of rotatable bonds is 2. The number of thioether (sulfide) groups is 1. The van der Waals surface area contributed by atoms with Crippen LogP contribution in [0.4, 0.5) is 0 Å². The number of aromatic nitrogens is 2. The number of nitrogens with two attached hydrogens (primary N) is 1. The summed E-state index contributed by atoms with van der Waals surface area (Å²) in [4.78, 5) is 13.1. The first-order valence-electron chi connectivity index (χ1n) is 7.84. The van der Waals surface area contributed by atoms with E-state index in [1.807, 2.05) is 11.0 Å². The minimum Gasteiger partial charge on any atom is -0.378 e. The molecule has 2 aromatic rings. The van der Waals surface area contributed by atoms with Gasteiger partial charge in [-0.3, -0.25) is 25.7 Å². The van der Waals surface area contributed by atoms with Crippen LogP contribution in [0.5, 0.6) is 0 Å². The van der Waals surface area contributed by atoms with Crippen LogP contribution in [0, 0.1) is 10.8 Å². The second-order valence-corrected chi connectivity index (χ2v) is 6.81. The lowest BCUT2D eigenvalue weighted by atomic mass is 10.1. The smallest absolute Gasteiger partial charge is 0.164 e. The van der Waals surface area contributed by atoms with Crippen molar-refractivity contribution < 1.29 is 0 Å². The van der Waals surface area contributed by atoms with E-state index < -0.39 is 0 Å². The molecule has 1 saturated heterocycles. The third kappa shape index (κ3) is 3.65. The quantitative estimate of drug-likeness (QED) is 0.568. The Morgan fingerprint density at radius 2 is 1.79 bits per heavy atom. The zero-order valence-electron chi connectivity index (χ0n) is 13.6. The van der Waals surface area contributed by atoms with Gasteiger partial charge in [-0.05, 0) is 36.4 Å². The van der Waals surface area contributed by atoms with Crippen LogP contribution in [0.25, 0.3) is 11.0 Å². The minimum absolute atomic E-state index is 0.0342. The van der Waals surface area contributed by atoms with Gasteiger partial charge in [-0.1, -0.05) is 6.07 Å². The molecule has 8 heteroatoms. The second-order valence-electron chi connectivity index (χ2n) is 5.77. The van der Waals surface area contributed by atoms with Gasteiger partial charge in [0.2, 0.25) is 0 Å². The molecule has 0 bridgehead atoms. The summed E-state index contributed by atoms with van der Waals surface area (Å²) in [5.41, 5.74) is 8.41. The standard InChI is InChI=1S/C16H21N7S/c1-11(12-2-3-13-14(10-12)21-5-4-20-13)22-6-8-23(9-7-22)16(19)24-15(17)18/h2-5,10-11,19H,6-9H2,1H3,(H3,17,18)/t11-/m1/s1. The first kappa shape index (κ1) is 16.7. The Balaban J connectivity index is 1.64. The largest absolute Gasteiger partial charge is 0.378 e. The monoisotopic (exact) mass is 343 g/mol. The van der Waals surface area contributed by atoms with Crippen LogP contribution >= 0.6 is 11.8 Å². The van der Waals surface area contributed by atoms with E-state index >= 15 is 0 Å². The first-order valence-corrected chi connectivity index (χ1v) is 8.66. The minimum atomic E-state index is -0.0342. The number of nitrogens with one attached hydrogen (secondary N) is 2. The van der Waals surface area contributed by atoms with Crippen molar-refractivity contribution in [1.29, 1.82) is 10.8 Å². The van der Waals surface area contributed by atoms with Gasteiger partial charge in [-0.2, -0.15) is 0 Å². The Morgan fingerprint density at radius 3 is 2.46 bits per heavy atom. The van der Waals surface area contributed by atoms with Crippen LogP contribution in [-0.2, 0) is 0 Å². The summed E-state index contributed by atoms with van der Waals surface area (Å²) in [6, 6.07) is 6.52. The molecule has 24 heavy (non-hydrogen) atoms. The number of piperazine rings is 1. The summed E-state index contributed by atoms with van der Waals surface area (Å²) in [5.74, 6) is 0.